The molecule has 84 valence electrons. The largest absolute Gasteiger partial charge is 0.494 e. The van der Waals surface area contributed by atoms with Gasteiger partial charge < -0.3 is 10.2 Å². The molecule has 0 atom stereocenters. The number of carbonyl (C=O) groups is 1. The van der Waals surface area contributed by atoms with Gasteiger partial charge in [-0.25, -0.2) is 0 Å². The van der Waals surface area contributed by atoms with Gasteiger partial charge >= 0.3 is 5.97 Å². The van der Waals surface area contributed by atoms with Crippen molar-refractivity contribution in [1.29, 1.82) is 5.26 Å². The fraction of sp³-hybridized carbons (Fsp3) is 0.300. The molecule has 0 aromatic carbocycles. The number of hydrogen-bond donors (Lipinski definition) is 2. The standard InChI is InChI=1S/C10H10N2O4/c1-5-6(2)9(15)12(4-8(13)14)10(16)7(5)3-11/h15H,4H2,1-2H3,(H,13,14). The van der Waals surface area contributed by atoms with Crippen molar-refractivity contribution in [2.75, 3.05) is 0 Å². The minimum Gasteiger partial charge on any atom is -0.494 e. The number of aromatic hydroxyl groups is 1. The van der Waals surface area contributed by atoms with Crippen LogP contribution in [-0.4, -0.2) is 20.7 Å². The second kappa shape index (κ2) is 4.06. The summed E-state index contributed by atoms with van der Waals surface area (Å²) in [6.45, 7) is 2.38. The maximum Gasteiger partial charge on any atom is 0.323 e. The third-order valence-corrected chi connectivity index (χ3v) is 2.39. The molecule has 0 aliphatic carbocycles. The van der Waals surface area contributed by atoms with Gasteiger partial charge in [0.1, 0.15) is 18.2 Å². The number of aromatic nitrogens is 1. The van der Waals surface area contributed by atoms with Crippen LogP contribution in [0.3, 0.4) is 0 Å². The summed E-state index contributed by atoms with van der Waals surface area (Å²) in [6, 6.07) is 1.71. The Morgan fingerprint density at radius 1 is 1.44 bits per heavy atom. The number of rotatable bonds is 2. The first kappa shape index (κ1) is 11.8. The smallest absolute Gasteiger partial charge is 0.323 e. The van der Waals surface area contributed by atoms with E-state index in [4.69, 9.17) is 10.4 Å². The summed E-state index contributed by atoms with van der Waals surface area (Å²) >= 11 is 0. The summed E-state index contributed by atoms with van der Waals surface area (Å²) in [5.74, 6) is -1.67. The Balaban J connectivity index is 3.64. The fourth-order valence-corrected chi connectivity index (χ4v) is 1.36. The molecule has 0 saturated heterocycles. The van der Waals surface area contributed by atoms with Gasteiger partial charge in [-0.05, 0) is 19.4 Å². The number of nitriles is 1. The SMILES string of the molecule is Cc1c(C)c(O)n(CC(=O)O)c(=O)c1C#N. The van der Waals surface area contributed by atoms with Gasteiger partial charge in [-0.3, -0.25) is 14.2 Å². The van der Waals surface area contributed by atoms with Gasteiger partial charge in [0.2, 0.25) is 0 Å². The normalized spacial score (nSPS) is 9.81. The van der Waals surface area contributed by atoms with Crippen LogP contribution in [0.1, 0.15) is 16.7 Å². The lowest BCUT2D eigenvalue weighted by molar-refractivity contribution is -0.137. The molecule has 1 aromatic heterocycles. The third kappa shape index (κ3) is 1.75. The Kier molecular flexibility index (Phi) is 2.99. The zero-order valence-electron chi connectivity index (χ0n) is 8.81. The zero-order valence-corrected chi connectivity index (χ0v) is 8.81. The molecule has 6 heteroatoms. The lowest BCUT2D eigenvalue weighted by Gasteiger charge is -2.11. The van der Waals surface area contributed by atoms with Gasteiger partial charge in [0.15, 0.2) is 5.88 Å². The maximum atomic E-state index is 11.6. The molecule has 1 aromatic rings. The Labute approximate surface area is 91.0 Å². The first-order valence-corrected chi connectivity index (χ1v) is 4.45. The van der Waals surface area contributed by atoms with Crippen molar-refractivity contribution in [2.45, 2.75) is 20.4 Å². The average Bonchev–Trinajstić information content (AvgIpc) is 2.22. The molecule has 6 nitrogen and oxygen atoms in total. The van der Waals surface area contributed by atoms with E-state index in [1.165, 1.54) is 13.8 Å². The van der Waals surface area contributed by atoms with Gasteiger partial charge in [-0.1, -0.05) is 0 Å². The monoisotopic (exact) mass is 222 g/mol. The van der Waals surface area contributed by atoms with Crippen molar-refractivity contribution in [3.05, 3.63) is 27.0 Å². The van der Waals surface area contributed by atoms with E-state index in [2.05, 4.69) is 0 Å². The van der Waals surface area contributed by atoms with Crippen LogP contribution in [0.5, 0.6) is 5.88 Å². The molecular formula is C10H10N2O4. The first-order chi connectivity index (χ1) is 7.40. The molecule has 0 radical (unpaired) electrons. The van der Waals surface area contributed by atoms with Crippen LogP contribution in [-0.2, 0) is 11.3 Å². The van der Waals surface area contributed by atoms with Crippen LogP contribution >= 0.6 is 0 Å². The number of hydrogen-bond acceptors (Lipinski definition) is 4. The minimum absolute atomic E-state index is 0.142. The zero-order chi connectivity index (χ0) is 12.5. The van der Waals surface area contributed by atoms with Gasteiger partial charge in [-0.15, -0.1) is 0 Å². The van der Waals surface area contributed by atoms with Gasteiger partial charge in [-0.2, -0.15) is 5.26 Å². The van der Waals surface area contributed by atoms with E-state index < -0.39 is 24.0 Å². The quantitative estimate of drug-likeness (QED) is 0.740. The number of aliphatic carboxylic acids is 1. The van der Waals surface area contributed by atoms with Crippen molar-refractivity contribution in [2.24, 2.45) is 0 Å². The topological polar surface area (TPSA) is 103 Å². The highest BCUT2D eigenvalue weighted by Crippen LogP contribution is 2.19. The highest BCUT2D eigenvalue weighted by Gasteiger charge is 2.17. The predicted octanol–water partition coefficient (Wildman–Crippen LogP) is 0.127. The van der Waals surface area contributed by atoms with Gasteiger partial charge in [0.05, 0.1) is 0 Å². The lowest BCUT2D eigenvalue weighted by atomic mass is 10.1. The molecule has 0 aliphatic rings. The fourth-order valence-electron chi connectivity index (χ4n) is 1.36. The summed E-state index contributed by atoms with van der Waals surface area (Å²) in [5.41, 5.74) is -0.230. The van der Waals surface area contributed by atoms with Crippen molar-refractivity contribution in [1.82, 2.24) is 4.57 Å². The summed E-state index contributed by atoms with van der Waals surface area (Å²) in [4.78, 5) is 22.2. The Morgan fingerprint density at radius 3 is 2.44 bits per heavy atom. The van der Waals surface area contributed by atoms with Crippen molar-refractivity contribution in [3.8, 4) is 11.9 Å². The predicted molar refractivity (Wildman–Crippen MR) is 54.2 cm³/mol. The highest BCUT2D eigenvalue weighted by atomic mass is 16.4. The van der Waals surface area contributed by atoms with Gasteiger partial charge in [0, 0.05) is 5.56 Å². The molecular weight excluding hydrogens is 212 g/mol. The Morgan fingerprint density at radius 2 is 2.00 bits per heavy atom. The number of pyridine rings is 1. The van der Waals surface area contributed by atoms with E-state index in [0.29, 0.717) is 15.7 Å². The van der Waals surface area contributed by atoms with Crippen LogP contribution in [0.4, 0.5) is 0 Å². The number of nitrogens with zero attached hydrogens (tertiary/aromatic N) is 2. The van der Waals surface area contributed by atoms with Crippen LogP contribution in [0.15, 0.2) is 4.79 Å². The first-order valence-electron chi connectivity index (χ1n) is 4.45. The molecule has 16 heavy (non-hydrogen) atoms. The lowest BCUT2D eigenvalue weighted by Crippen LogP contribution is -2.27. The van der Waals surface area contributed by atoms with E-state index in [0.717, 1.165) is 0 Å². The minimum atomic E-state index is -1.26. The maximum absolute atomic E-state index is 11.6. The number of carboxylic acid groups (broad SMARTS) is 1. The Hall–Kier alpha value is -2.29. The van der Waals surface area contributed by atoms with Crippen molar-refractivity contribution < 1.29 is 15.0 Å². The van der Waals surface area contributed by atoms with E-state index in [1.54, 1.807) is 6.07 Å². The highest BCUT2D eigenvalue weighted by molar-refractivity contribution is 5.67. The van der Waals surface area contributed by atoms with E-state index in [1.807, 2.05) is 0 Å². The summed E-state index contributed by atoms with van der Waals surface area (Å²) < 4.78 is 0.670. The number of carboxylic acids is 1. The third-order valence-electron chi connectivity index (χ3n) is 2.39. The van der Waals surface area contributed by atoms with E-state index in [9.17, 15) is 14.7 Å². The molecule has 0 bridgehead atoms. The Bertz CT molecular complexity index is 551. The molecule has 0 aliphatic heterocycles. The molecule has 0 saturated carbocycles. The van der Waals surface area contributed by atoms with E-state index >= 15 is 0 Å². The van der Waals surface area contributed by atoms with Crippen LogP contribution in [0.2, 0.25) is 0 Å². The van der Waals surface area contributed by atoms with Crippen LogP contribution in [0, 0.1) is 25.2 Å². The van der Waals surface area contributed by atoms with E-state index in [-0.39, 0.29) is 5.56 Å². The second-order valence-electron chi connectivity index (χ2n) is 3.35. The summed E-state index contributed by atoms with van der Waals surface area (Å²) in [7, 11) is 0. The molecule has 1 heterocycles. The second-order valence-corrected chi connectivity index (χ2v) is 3.35. The summed E-state index contributed by atoms with van der Waals surface area (Å²) in [5, 5.41) is 27.0. The average molecular weight is 222 g/mol. The van der Waals surface area contributed by atoms with Crippen molar-refractivity contribution in [3.63, 3.8) is 0 Å². The molecule has 0 amide bonds. The molecule has 0 unspecified atom stereocenters. The molecule has 0 spiro atoms. The van der Waals surface area contributed by atoms with Gasteiger partial charge in [0.25, 0.3) is 5.56 Å². The van der Waals surface area contributed by atoms with Crippen LogP contribution in [0.25, 0.3) is 0 Å². The summed E-state index contributed by atoms with van der Waals surface area (Å²) in [6.07, 6.45) is 0. The molecule has 2 N–H and O–H groups in total. The molecule has 1 rings (SSSR count). The molecule has 0 fully saturated rings. The van der Waals surface area contributed by atoms with Crippen LogP contribution < -0.4 is 5.56 Å². The van der Waals surface area contributed by atoms with Crippen molar-refractivity contribution >= 4 is 5.97 Å².